The highest BCUT2D eigenvalue weighted by Gasteiger charge is 2.25. The van der Waals surface area contributed by atoms with Gasteiger partial charge in [0.15, 0.2) is 0 Å². The number of aromatic nitrogens is 3. The van der Waals surface area contributed by atoms with Gasteiger partial charge in [-0.1, -0.05) is 23.4 Å². The Morgan fingerprint density at radius 1 is 1.36 bits per heavy atom. The van der Waals surface area contributed by atoms with E-state index in [1.165, 1.54) is 0 Å². The topological polar surface area (TPSA) is 80.5 Å². The van der Waals surface area contributed by atoms with Crippen LogP contribution in [0.4, 0.5) is 0 Å². The first kappa shape index (κ1) is 17.4. The van der Waals surface area contributed by atoms with Crippen LogP contribution in [0.3, 0.4) is 0 Å². The van der Waals surface area contributed by atoms with E-state index in [1.54, 1.807) is 20.2 Å². The predicted octanol–water partition coefficient (Wildman–Crippen LogP) is 1.75. The summed E-state index contributed by atoms with van der Waals surface area (Å²) in [4.78, 5) is 14.5. The van der Waals surface area contributed by atoms with Crippen LogP contribution in [0.5, 0.6) is 5.75 Å². The van der Waals surface area contributed by atoms with E-state index >= 15 is 0 Å². The summed E-state index contributed by atoms with van der Waals surface area (Å²) in [5, 5.41) is 17.7. The van der Waals surface area contributed by atoms with Gasteiger partial charge in [0.05, 0.1) is 31.9 Å². The lowest BCUT2D eigenvalue weighted by molar-refractivity contribution is -0.131. The number of benzene rings is 1. The molecule has 0 saturated carbocycles. The highest BCUT2D eigenvalue weighted by molar-refractivity contribution is 5.79. The Balaban J connectivity index is 1.57. The molecule has 1 N–H and O–H groups in total. The minimum absolute atomic E-state index is 0.117. The predicted molar refractivity (Wildman–Crippen MR) is 92.2 cm³/mol. The molecular weight excluding hydrogens is 320 g/mol. The average Bonchev–Trinajstić information content (AvgIpc) is 3.13. The van der Waals surface area contributed by atoms with E-state index in [9.17, 15) is 9.90 Å². The molecule has 7 heteroatoms. The number of ether oxygens (including phenoxy) is 1. The monoisotopic (exact) mass is 344 g/mol. The van der Waals surface area contributed by atoms with Gasteiger partial charge in [-0.05, 0) is 25.8 Å². The zero-order valence-electron chi connectivity index (χ0n) is 14.6. The fourth-order valence-corrected chi connectivity index (χ4v) is 3.16. The third-order valence-corrected chi connectivity index (χ3v) is 4.68. The van der Waals surface area contributed by atoms with E-state index in [1.807, 2.05) is 33.8 Å². The Morgan fingerprint density at radius 3 is 2.72 bits per heavy atom. The van der Waals surface area contributed by atoms with E-state index in [-0.39, 0.29) is 11.9 Å². The van der Waals surface area contributed by atoms with Gasteiger partial charge < -0.3 is 14.7 Å². The van der Waals surface area contributed by atoms with Crippen LogP contribution in [0.2, 0.25) is 0 Å². The summed E-state index contributed by atoms with van der Waals surface area (Å²) in [6, 6.07) is 7.84. The second-order valence-electron chi connectivity index (χ2n) is 6.40. The Morgan fingerprint density at radius 2 is 2.08 bits per heavy atom. The van der Waals surface area contributed by atoms with E-state index in [0.717, 1.165) is 24.2 Å². The van der Waals surface area contributed by atoms with Crippen molar-refractivity contribution in [2.75, 3.05) is 20.2 Å². The standard InChI is InChI=1S/C18H24N4O3/c1-13(23)16-12-22(20-19-16)15-7-9-21(10-8-15)18(24)11-14-5-3-4-6-17(14)25-2/h3-6,12-13,15,23H,7-11H2,1-2H3/t13-/m0/s1. The number of aliphatic hydroxyl groups excluding tert-OH is 1. The highest BCUT2D eigenvalue weighted by Crippen LogP contribution is 2.24. The van der Waals surface area contributed by atoms with Gasteiger partial charge in [-0.3, -0.25) is 4.79 Å². The van der Waals surface area contributed by atoms with Crippen LogP contribution in [-0.4, -0.2) is 51.1 Å². The number of rotatable bonds is 5. The molecule has 0 unspecified atom stereocenters. The summed E-state index contributed by atoms with van der Waals surface area (Å²) in [5.41, 5.74) is 1.49. The van der Waals surface area contributed by atoms with Gasteiger partial charge in [-0.15, -0.1) is 5.10 Å². The molecule has 134 valence electrons. The molecule has 1 saturated heterocycles. The van der Waals surface area contributed by atoms with Crippen molar-refractivity contribution in [2.24, 2.45) is 0 Å². The first-order valence-corrected chi connectivity index (χ1v) is 8.58. The third-order valence-electron chi connectivity index (χ3n) is 4.68. The van der Waals surface area contributed by atoms with Crippen LogP contribution >= 0.6 is 0 Å². The van der Waals surface area contributed by atoms with Crippen molar-refractivity contribution in [3.05, 3.63) is 41.7 Å². The molecule has 1 atom stereocenters. The van der Waals surface area contributed by atoms with Crippen molar-refractivity contribution in [2.45, 2.75) is 38.3 Å². The number of aliphatic hydroxyl groups is 1. The molecule has 2 aromatic rings. The summed E-state index contributed by atoms with van der Waals surface area (Å²) in [5.74, 6) is 0.866. The molecule has 1 aliphatic rings. The van der Waals surface area contributed by atoms with Crippen LogP contribution in [0.25, 0.3) is 0 Å². The minimum atomic E-state index is -0.615. The lowest BCUT2D eigenvalue weighted by atomic mass is 10.0. The van der Waals surface area contributed by atoms with Crippen LogP contribution in [0, 0.1) is 0 Å². The molecule has 0 spiro atoms. The molecule has 1 amide bonds. The van der Waals surface area contributed by atoms with Gasteiger partial charge in [0.25, 0.3) is 0 Å². The highest BCUT2D eigenvalue weighted by atomic mass is 16.5. The fourth-order valence-electron chi connectivity index (χ4n) is 3.16. The summed E-state index contributed by atoms with van der Waals surface area (Å²) >= 11 is 0. The average molecular weight is 344 g/mol. The van der Waals surface area contributed by atoms with Crippen LogP contribution in [-0.2, 0) is 11.2 Å². The lowest BCUT2D eigenvalue weighted by Gasteiger charge is -2.32. The SMILES string of the molecule is COc1ccccc1CC(=O)N1CCC(n2cc([C@H](C)O)nn2)CC1. The molecule has 3 rings (SSSR count). The number of carbonyl (C=O) groups is 1. The molecule has 2 heterocycles. The van der Waals surface area contributed by atoms with Gasteiger partial charge in [0.2, 0.25) is 5.91 Å². The Labute approximate surface area is 147 Å². The molecule has 1 aromatic heterocycles. The van der Waals surface area contributed by atoms with Gasteiger partial charge in [-0.25, -0.2) is 4.68 Å². The zero-order chi connectivity index (χ0) is 17.8. The summed E-state index contributed by atoms with van der Waals surface area (Å²) in [6.45, 7) is 3.07. The normalized spacial score (nSPS) is 16.7. The quantitative estimate of drug-likeness (QED) is 0.894. The maximum absolute atomic E-state index is 12.6. The lowest BCUT2D eigenvalue weighted by Crippen LogP contribution is -2.40. The van der Waals surface area contributed by atoms with Gasteiger partial charge >= 0.3 is 0 Å². The molecule has 0 radical (unpaired) electrons. The number of piperidine rings is 1. The second kappa shape index (κ2) is 7.65. The van der Waals surface area contributed by atoms with Crippen LogP contribution in [0.15, 0.2) is 30.5 Å². The van der Waals surface area contributed by atoms with Crippen molar-refractivity contribution in [1.82, 2.24) is 19.9 Å². The first-order chi connectivity index (χ1) is 12.1. The fraction of sp³-hybridized carbons (Fsp3) is 0.500. The Bertz CT molecular complexity index is 721. The largest absolute Gasteiger partial charge is 0.496 e. The summed E-state index contributed by atoms with van der Waals surface area (Å²) in [6.07, 6.45) is 3.20. The molecule has 1 aromatic carbocycles. The molecule has 1 fully saturated rings. The number of carbonyl (C=O) groups excluding carboxylic acids is 1. The van der Waals surface area contributed by atoms with Crippen LogP contribution < -0.4 is 4.74 Å². The number of para-hydroxylation sites is 1. The van der Waals surface area contributed by atoms with Crippen molar-refractivity contribution in [1.29, 1.82) is 0 Å². The minimum Gasteiger partial charge on any atom is -0.496 e. The second-order valence-corrected chi connectivity index (χ2v) is 6.40. The van der Waals surface area contributed by atoms with Gasteiger partial charge in [0.1, 0.15) is 11.4 Å². The molecule has 0 aliphatic carbocycles. The molecule has 7 nitrogen and oxygen atoms in total. The van der Waals surface area contributed by atoms with E-state index in [0.29, 0.717) is 25.2 Å². The Hall–Kier alpha value is -2.41. The van der Waals surface area contributed by atoms with Crippen LogP contribution in [0.1, 0.15) is 43.2 Å². The zero-order valence-corrected chi connectivity index (χ0v) is 14.6. The van der Waals surface area contributed by atoms with E-state index < -0.39 is 6.10 Å². The molecule has 1 aliphatic heterocycles. The first-order valence-electron chi connectivity index (χ1n) is 8.58. The summed E-state index contributed by atoms with van der Waals surface area (Å²) in [7, 11) is 1.62. The molecule has 25 heavy (non-hydrogen) atoms. The molecular formula is C18H24N4O3. The number of methoxy groups -OCH3 is 1. The van der Waals surface area contributed by atoms with E-state index in [4.69, 9.17) is 4.74 Å². The number of amides is 1. The maximum Gasteiger partial charge on any atom is 0.227 e. The van der Waals surface area contributed by atoms with Crippen molar-refractivity contribution in [3.63, 3.8) is 0 Å². The number of nitrogens with zero attached hydrogens (tertiary/aromatic N) is 4. The number of hydrogen-bond acceptors (Lipinski definition) is 5. The van der Waals surface area contributed by atoms with Gasteiger partial charge in [0, 0.05) is 18.7 Å². The summed E-state index contributed by atoms with van der Waals surface area (Å²) < 4.78 is 7.13. The number of hydrogen-bond donors (Lipinski definition) is 1. The van der Waals surface area contributed by atoms with E-state index in [2.05, 4.69) is 10.3 Å². The van der Waals surface area contributed by atoms with Gasteiger partial charge in [-0.2, -0.15) is 0 Å². The maximum atomic E-state index is 12.6. The number of likely N-dealkylation sites (tertiary alicyclic amines) is 1. The third kappa shape index (κ3) is 3.99. The smallest absolute Gasteiger partial charge is 0.227 e. The Kier molecular flexibility index (Phi) is 5.33. The van der Waals surface area contributed by atoms with Crippen molar-refractivity contribution < 1.29 is 14.6 Å². The molecule has 0 bridgehead atoms. The van der Waals surface area contributed by atoms with Crippen molar-refractivity contribution >= 4 is 5.91 Å². The van der Waals surface area contributed by atoms with Crippen molar-refractivity contribution in [3.8, 4) is 5.75 Å².